The summed E-state index contributed by atoms with van der Waals surface area (Å²) in [5, 5.41) is 14.8. The van der Waals surface area contributed by atoms with Gasteiger partial charge in [-0.25, -0.2) is 14.5 Å². The van der Waals surface area contributed by atoms with E-state index < -0.39 is 5.97 Å². The van der Waals surface area contributed by atoms with E-state index in [0.717, 1.165) is 58.4 Å². The summed E-state index contributed by atoms with van der Waals surface area (Å²) in [6.07, 6.45) is 14.2. The number of aromatic nitrogens is 4. The lowest BCUT2D eigenvalue weighted by Crippen LogP contribution is -2.11. The van der Waals surface area contributed by atoms with Crippen LogP contribution in [-0.4, -0.2) is 30.8 Å². The summed E-state index contributed by atoms with van der Waals surface area (Å²) < 4.78 is 1.92. The van der Waals surface area contributed by atoms with Gasteiger partial charge in [-0.05, 0) is 44.4 Å². The number of hydrogen-bond donors (Lipinski definition) is 1. The molecule has 0 saturated heterocycles. The fourth-order valence-corrected chi connectivity index (χ4v) is 4.37. The minimum absolute atomic E-state index is 0.332. The number of nitrogens with zero attached hydrogens (tertiary/aromatic N) is 4. The molecule has 0 unspecified atom stereocenters. The Labute approximate surface area is 170 Å². The topological polar surface area (TPSA) is 80.9 Å². The Morgan fingerprint density at radius 2 is 2.03 bits per heavy atom. The van der Waals surface area contributed by atoms with Crippen molar-refractivity contribution in [1.82, 2.24) is 19.7 Å². The first-order valence-corrected chi connectivity index (χ1v) is 10.3. The van der Waals surface area contributed by atoms with Gasteiger partial charge >= 0.3 is 5.97 Å². The van der Waals surface area contributed by atoms with Crippen molar-refractivity contribution in [2.45, 2.75) is 58.4 Å². The van der Waals surface area contributed by atoms with Crippen molar-refractivity contribution in [1.29, 1.82) is 0 Å². The monoisotopic (exact) mass is 390 g/mol. The van der Waals surface area contributed by atoms with Crippen molar-refractivity contribution in [3.05, 3.63) is 47.6 Å². The first-order valence-electron chi connectivity index (χ1n) is 10.3. The van der Waals surface area contributed by atoms with Crippen LogP contribution in [0.25, 0.3) is 28.2 Å². The molecule has 1 fully saturated rings. The van der Waals surface area contributed by atoms with Crippen LogP contribution in [0.2, 0.25) is 0 Å². The SMILES string of the molecule is CCn1ncc2c(-c3cncc(C)c3)c(C=CC(=O)O)c(C3CCCCC3)nc21. The number of aryl methyl sites for hydroxylation is 2. The molecule has 0 aromatic carbocycles. The lowest BCUT2D eigenvalue weighted by atomic mass is 9.82. The van der Waals surface area contributed by atoms with Gasteiger partial charge in [-0.15, -0.1) is 0 Å². The first-order chi connectivity index (χ1) is 14.1. The molecule has 3 aromatic rings. The predicted molar refractivity (Wildman–Crippen MR) is 114 cm³/mol. The number of hydrogen-bond acceptors (Lipinski definition) is 4. The van der Waals surface area contributed by atoms with E-state index in [0.29, 0.717) is 5.92 Å². The number of rotatable bonds is 5. The zero-order valence-corrected chi connectivity index (χ0v) is 16.9. The summed E-state index contributed by atoms with van der Waals surface area (Å²) >= 11 is 0. The lowest BCUT2D eigenvalue weighted by Gasteiger charge is -2.24. The average Bonchev–Trinajstić information content (AvgIpc) is 3.14. The molecule has 0 radical (unpaired) electrons. The van der Waals surface area contributed by atoms with Gasteiger partial charge in [-0.3, -0.25) is 4.98 Å². The van der Waals surface area contributed by atoms with Gasteiger partial charge < -0.3 is 5.11 Å². The minimum atomic E-state index is -0.961. The fraction of sp³-hybridized carbons (Fsp3) is 0.391. The Bertz CT molecular complexity index is 1080. The fourth-order valence-electron chi connectivity index (χ4n) is 4.37. The molecule has 0 aliphatic heterocycles. The highest BCUT2D eigenvalue weighted by atomic mass is 16.4. The van der Waals surface area contributed by atoms with E-state index in [9.17, 15) is 9.90 Å². The van der Waals surface area contributed by atoms with Crippen LogP contribution in [0.3, 0.4) is 0 Å². The normalized spacial score (nSPS) is 15.4. The van der Waals surface area contributed by atoms with Crippen molar-refractivity contribution in [2.24, 2.45) is 0 Å². The molecule has 0 bridgehead atoms. The van der Waals surface area contributed by atoms with Crippen LogP contribution < -0.4 is 0 Å². The molecule has 1 aliphatic carbocycles. The van der Waals surface area contributed by atoms with Gasteiger partial charge in [0.15, 0.2) is 5.65 Å². The largest absolute Gasteiger partial charge is 0.478 e. The molecule has 1 saturated carbocycles. The molecule has 3 aromatic heterocycles. The molecule has 0 atom stereocenters. The second kappa shape index (κ2) is 8.15. The number of aliphatic carboxylic acids is 1. The summed E-state index contributed by atoms with van der Waals surface area (Å²) in [5.74, 6) is -0.629. The lowest BCUT2D eigenvalue weighted by molar-refractivity contribution is -0.131. The molecule has 6 nitrogen and oxygen atoms in total. The second-order valence-corrected chi connectivity index (χ2v) is 7.74. The van der Waals surface area contributed by atoms with Crippen LogP contribution in [0.1, 0.15) is 61.8 Å². The van der Waals surface area contributed by atoms with Gasteiger partial charge in [0.25, 0.3) is 0 Å². The van der Waals surface area contributed by atoms with Crippen molar-refractivity contribution in [3.63, 3.8) is 0 Å². The Morgan fingerprint density at radius 1 is 1.24 bits per heavy atom. The Hall–Kier alpha value is -3.02. The summed E-state index contributed by atoms with van der Waals surface area (Å²) in [7, 11) is 0. The van der Waals surface area contributed by atoms with E-state index in [-0.39, 0.29) is 0 Å². The van der Waals surface area contributed by atoms with Crippen LogP contribution in [-0.2, 0) is 11.3 Å². The molecule has 6 heteroatoms. The van der Waals surface area contributed by atoms with Gasteiger partial charge in [-0.1, -0.05) is 19.3 Å². The van der Waals surface area contributed by atoms with Crippen LogP contribution in [0.4, 0.5) is 0 Å². The molecule has 1 N–H and O–H groups in total. The predicted octanol–water partition coefficient (Wildman–Crippen LogP) is 4.97. The van der Waals surface area contributed by atoms with Crippen LogP contribution >= 0.6 is 0 Å². The van der Waals surface area contributed by atoms with Crippen molar-refractivity contribution >= 4 is 23.1 Å². The third-order valence-corrected chi connectivity index (χ3v) is 5.70. The number of carboxylic acid groups (broad SMARTS) is 1. The molecular formula is C23H26N4O2. The van der Waals surface area contributed by atoms with E-state index in [1.165, 1.54) is 25.3 Å². The van der Waals surface area contributed by atoms with Crippen LogP contribution in [0.5, 0.6) is 0 Å². The molecule has 0 spiro atoms. The van der Waals surface area contributed by atoms with E-state index in [2.05, 4.69) is 23.1 Å². The van der Waals surface area contributed by atoms with E-state index >= 15 is 0 Å². The van der Waals surface area contributed by atoms with Crippen LogP contribution in [0, 0.1) is 6.92 Å². The molecule has 29 heavy (non-hydrogen) atoms. The molecule has 1 aliphatic rings. The maximum absolute atomic E-state index is 11.3. The number of fused-ring (bicyclic) bond motifs is 1. The first kappa shape index (κ1) is 19.3. The van der Waals surface area contributed by atoms with E-state index in [1.807, 2.05) is 30.2 Å². The highest BCUT2D eigenvalue weighted by molar-refractivity contribution is 5.99. The third-order valence-electron chi connectivity index (χ3n) is 5.70. The summed E-state index contributed by atoms with van der Waals surface area (Å²) in [6.45, 7) is 4.80. The quantitative estimate of drug-likeness (QED) is 0.622. The minimum Gasteiger partial charge on any atom is -0.478 e. The van der Waals surface area contributed by atoms with Gasteiger partial charge in [-0.2, -0.15) is 5.10 Å². The Morgan fingerprint density at radius 3 is 2.72 bits per heavy atom. The Kier molecular flexibility index (Phi) is 5.43. The molecule has 150 valence electrons. The van der Waals surface area contributed by atoms with Crippen molar-refractivity contribution < 1.29 is 9.90 Å². The zero-order chi connectivity index (χ0) is 20.4. The smallest absolute Gasteiger partial charge is 0.328 e. The maximum atomic E-state index is 11.3. The summed E-state index contributed by atoms with van der Waals surface area (Å²) in [5.41, 5.74) is 5.73. The highest BCUT2D eigenvalue weighted by Gasteiger charge is 2.25. The van der Waals surface area contributed by atoms with Gasteiger partial charge in [0.1, 0.15) is 0 Å². The molecular weight excluding hydrogens is 364 g/mol. The number of pyridine rings is 2. The average molecular weight is 390 g/mol. The second-order valence-electron chi connectivity index (χ2n) is 7.74. The number of carboxylic acids is 1. The highest BCUT2D eigenvalue weighted by Crippen LogP contribution is 2.40. The van der Waals surface area contributed by atoms with E-state index in [4.69, 9.17) is 4.98 Å². The van der Waals surface area contributed by atoms with Gasteiger partial charge in [0.05, 0.1) is 11.9 Å². The number of carbonyl (C=O) groups is 1. The van der Waals surface area contributed by atoms with Crippen molar-refractivity contribution in [3.8, 4) is 11.1 Å². The van der Waals surface area contributed by atoms with Crippen LogP contribution in [0.15, 0.2) is 30.7 Å². The van der Waals surface area contributed by atoms with Crippen molar-refractivity contribution in [2.75, 3.05) is 0 Å². The molecule has 3 heterocycles. The zero-order valence-electron chi connectivity index (χ0n) is 16.9. The summed E-state index contributed by atoms with van der Waals surface area (Å²) in [4.78, 5) is 20.8. The van der Waals surface area contributed by atoms with Gasteiger partial charge in [0.2, 0.25) is 0 Å². The maximum Gasteiger partial charge on any atom is 0.328 e. The van der Waals surface area contributed by atoms with E-state index in [1.54, 1.807) is 6.08 Å². The summed E-state index contributed by atoms with van der Waals surface area (Å²) in [6, 6.07) is 2.09. The molecule has 4 rings (SSSR count). The molecule has 0 amide bonds. The Balaban J connectivity index is 2.06. The standard InChI is InChI=1S/C23H26N4O2/c1-3-27-23-19(14-25-27)21(17-11-15(2)12-24-13-17)18(9-10-20(28)29)22(26-23)16-7-5-4-6-8-16/h9-14,16H,3-8H2,1-2H3,(H,28,29). The van der Waals surface area contributed by atoms with Gasteiger partial charge in [0, 0.05) is 53.0 Å². The third kappa shape index (κ3) is 3.79.